The summed E-state index contributed by atoms with van der Waals surface area (Å²) in [4.78, 5) is 3.42. The van der Waals surface area contributed by atoms with E-state index < -0.39 is 10.0 Å². The smallest absolute Gasteiger partial charge is 0.244 e. The Kier molecular flexibility index (Phi) is 4.56. The van der Waals surface area contributed by atoms with Gasteiger partial charge in [0.2, 0.25) is 10.0 Å². The molecule has 0 bridgehead atoms. The van der Waals surface area contributed by atoms with Gasteiger partial charge in [-0.05, 0) is 30.9 Å². The molecular formula is C14H25N3O2S. The lowest BCUT2D eigenvalue weighted by molar-refractivity contribution is 0.187. The molecule has 6 heteroatoms. The van der Waals surface area contributed by atoms with E-state index >= 15 is 0 Å². The molecule has 0 aliphatic carbocycles. The predicted octanol–water partition coefficient (Wildman–Crippen LogP) is 1.93. The fraction of sp³-hybridized carbons (Fsp3) is 0.714. The quantitative estimate of drug-likeness (QED) is 0.873. The number of hydrogen-bond donors (Lipinski definition) is 2. The van der Waals surface area contributed by atoms with Crippen molar-refractivity contribution in [2.24, 2.45) is 5.41 Å². The van der Waals surface area contributed by atoms with E-state index in [1.807, 2.05) is 6.92 Å². The monoisotopic (exact) mass is 299 g/mol. The van der Waals surface area contributed by atoms with Gasteiger partial charge in [0.25, 0.3) is 0 Å². The highest BCUT2D eigenvalue weighted by Crippen LogP contribution is 2.31. The largest absolute Gasteiger partial charge is 0.363 e. The average molecular weight is 299 g/mol. The Morgan fingerprint density at radius 2 is 2.20 bits per heavy atom. The molecule has 2 N–H and O–H groups in total. The molecule has 0 saturated carbocycles. The fourth-order valence-corrected chi connectivity index (χ4v) is 4.34. The van der Waals surface area contributed by atoms with Gasteiger partial charge in [0.15, 0.2) is 0 Å². The van der Waals surface area contributed by atoms with Gasteiger partial charge in [0.05, 0.1) is 4.90 Å². The molecule has 1 fully saturated rings. The molecule has 1 aliphatic heterocycles. The van der Waals surface area contributed by atoms with Crippen LogP contribution < -0.4 is 5.32 Å². The molecule has 114 valence electrons. The predicted molar refractivity (Wildman–Crippen MR) is 79.9 cm³/mol. The first-order valence-electron chi connectivity index (χ1n) is 7.23. The van der Waals surface area contributed by atoms with Gasteiger partial charge in [-0.25, -0.2) is 8.42 Å². The van der Waals surface area contributed by atoms with Crippen LogP contribution in [-0.4, -0.2) is 37.3 Å². The normalized spacial score (nSPS) is 20.1. The first-order valence-corrected chi connectivity index (χ1v) is 8.67. The molecule has 0 aromatic carbocycles. The Morgan fingerprint density at radius 1 is 1.45 bits per heavy atom. The van der Waals surface area contributed by atoms with Crippen LogP contribution in [0.1, 0.15) is 39.3 Å². The number of rotatable bonds is 5. The van der Waals surface area contributed by atoms with Crippen molar-refractivity contribution in [1.82, 2.24) is 14.6 Å². The third-order valence-electron chi connectivity index (χ3n) is 3.78. The molecule has 2 heterocycles. The second kappa shape index (κ2) is 5.87. The highest BCUT2D eigenvalue weighted by atomic mass is 32.2. The lowest BCUT2D eigenvalue weighted by Crippen LogP contribution is -2.43. The van der Waals surface area contributed by atoms with E-state index in [-0.39, 0.29) is 5.41 Å². The average Bonchev–Trinajstić information content (AvgIpc) is 2.84. The molecule has 0 amide bonds. The second-order valence-electron chi connectivity index (χ2n) is 6.25. The van der Waals surface area contributed by atoms with Crippen molar-refractivity contribution in [3.8, 4) is 0 Å². The molecule has 1 aromatic rings. The molecule has 0 spiro atoms. The third kappa shape index (κ3) is 3.42. The summed E-state index contributed by atoms with van der Waals surface area (Å²) in [5.41, 5.74) is 0.968. The lowest BCUT2D eigenvalue weighted by atomic mass is 9.85. The molecule has 2 rings (SSSR count). The molecule has 0 atom stereocenters. The van der Waals surface area contributed by atoms with Gasteiger partial charge < -0.3 is 10.3 Å². The number of hydrogen-bond acceptors (Lipinski definition) is 3. The van der Waals surface area contributed by atoms with Crippen molar-refractivity contribution < 1.29 is 8.42 Å². The summed E-state index contributed by atoms with van der Waals surface area (Å²) in [7, 11) is -3.36. The summed E-state index contributed by atoms with van der Waals surface area (Å²) < 4.78 is 26.9. The SMILES string of the molecule is CCNCc1cc(S(=O)(=O)N2CCCC(C)(C)C2)c[nH]1. The molecule has 1 aliphatic rings. The molecule has 20 heavy (non-hydrogen) atoms. The first-order chi connectivity index (χ1) is 9.35. The second-order valence-corrected chi connectivity index (χ2v) is 8.19. The number of aromatic nitrogens is 1. The van der Waals surface area contributed by atoms with E-state index in [1.165, 1.54) is 0 Å². The minimum Gasteiger partial charge on any atom is -0.363 e. The molecular weight excluding hydrogens is 274 g/mol. The van der Waals surface area contributed by atoms with Crippen LogP contribution in [0.2, 0.25) is 0 Å². The van der Waals surface area contributed by atoms with Crippen LogP contribution in [0.3, 0.4) is 0 Å². The number of H-pyrrole nitrogens is 1. The zero-order valence-electron chi connectivity index (χ0n) is 12.6. The number of piperidine rings is 1. The highest BCUT2D eigenvalue weighted by Gasteiger charge is 2.34. The number of aromatic amines is 1. The van der Waals surface area contributed by atoms with Gasteiger partial charge in [-0.15, -0.1) is 0 Å². The third-order valence-corrected chi connectivity index (χ3v) is 5.61. The van der Waals surface area contributed by atoms with Crippen molar-refractivity contribution in [2.75, 3.05) is 19.6 Å². The van der Waals surface area contributed by atoms with Crippen molar-refractivity contribution in [3.63, 3.8) is 0 Å². The molecule has 0 radical (unpaired) electrons. The zero-order valence-corrected chi connectivity index (χ0v) is 13.4. The molecule has 5 nitrogen and oxygen atoms in total. The zero-order chi connectivity index (χ0) is 14.8. The van der Waals surface area contributed by atoms with Crippen molar-refractivity contribution in [1.29, 1.82) is 0 Å². The molecule has 0 unspecified atom stereocenters. The van der Waals surface area contributed by atoms with E-state index in [2.05, 4.69) is 24.1 Å². The Bertz CT molecular complexity index is 549. The Hall–Kier alpha value is -0.850. The summed E-state index contributed by atoms with van der Waals surface area (Å²) in [6, 6.07) is 1.74. The fourth-order valence-electron chi connectivity index (χ4n) is 2.65. The van der Waals surface area contributed by atoms with E-state index in [0.717, 1.165) is 25.1 Å². The Labute approximate surface area is 121 Å². The topological polar surface area (TPSA) is 65.2 Å². The minimum atomic E-state index is -3.36. The lowest BCUT2D eigenvalue weighted by Gasteiger charge is -2.36. The minimum absolute atomic E-state index is 0.0637. The van der Waals surface area contributed by atoms with Gasteiger partial charge in [-0.1, -0.05) is 20.8 Å². The summed E-state index contributed by atoms with van der Waals surface area (Å²) in [5.74, 6) is 0. The highest BCUT2D eigenvalue weighted by molar-refractivity contribution is 7.89. The summed E-state index contributed by atoms with van der Waals surface area (Å²) in [5, 5.41) is 3.18. The van der Waals surface area contributed by atoms with Gasteiger partial charge in [-0.2, -0.15) is 4.31 Å². The Balaban J connectivity index is 2.15. The van der Waals surface area contributed by atoms with Crippen LogP contribution >= 0.6 is 0 Å². The Morgan fingerprint density at radius 3 is 2.85 bits per heavy atom. The van der Waals surface area contributed by atoms with Crippen LogP contribution in [0.4, 0.5) is 0 Å². The van der Waals surface area contributed by atoms with Gasteiger partial charge in [0, 0.05) is 31.5 Å². The molecule has 1 saturated heterocycles. The maximum absolute atomic E-state index is 12.6. The van der Waals surface area contributed by atoms with Crippen LogP contribution in [0.25, 0.3) is 0 Å². The van der Waals surface area contributed by atoms with E-state index in [9.17, 15) is 8.42 Å². The van der Waals surface area contributed by atoms with Gasteiger partial charge in [0.1, 0.15) is 0 Å². The number of nitrogens with zero attached hydrogens (tertiary/aromatic N) is 1. The number of nitrogens with one attached hydrogen (secondary N) is 2. The van der Waals surface area contributed by atoms with E-state index in [4.69, 9.17) is 0 Å². The van der Waals surface area contributed by atoms with Gasteiger partial charge in [-0.3, -0.25) is 0 Å². The van der Waals surface area contributed by atoms with Crippen LogP contribution in [0.5, 0.6) is 0 Å². The maximum Gasteiger partial charge on any atom is 0.244 e. The van der Waals surface area contributed by atoms with Crippen LogP contribution in [0, 0.1) is 5.41 Å². The van der Waals surface area contributed by atoms with Crippen LogP contribution in [-0.2, 0) is 16.6 Å². The summed E-state index contributed by atoms with van der Waals surface area (Å²) in [6.07, 6.45) is 3.61. The molecule has 1 aromatic heterocycles. The first kappa shape index (κ1) is 15.5. The standard InChI is InChI=1S/C14H25N3O2S/c1-4-15-9-12-8-13(10-16-12)20(18,19)17-7-5-6-14(2,3)11-17/h8,10,15-16H,4-7,9,11H2,1-3H3. The summed E-state index contributed by atoms with van der Waals surface area (Å²) in [6.45, 7) is 9.03. The van der Waals surface area contributed by atoms with Crippen molar-refractivity contribution in [2.45, 2.75) is 45.1 Å². The van der Waals surface area contributed by atoms with E-state index in [1.54, 1.807) is 16.6 Å². The van der Waals surface area contributed by atoms with E-state index in [0.29, 0.717) is 24.5 Å². The van der Waals surface area contributed by atoms with Crippen molar-refractivity contribution >= 4 is 10.0 Å². The van der Waals surface area contributed by atoms with Crippen LogP contribution in [0.15, 0.2) is 17.2 Å². The number of sulfonamides is 1. The van der Waals surface area contributed by atoms with Gasteiger partial charge >= 0.3 is 0 Å². The van der Waals surface area contributed by atoms with Crippen molar-refractivity contribution in [3.05, 3.63) is 18.0 Å². The summed E-state index contributed by atoms with van der Waals surface area (Å²) >= 11 is 0. The maximum atomic E-state index is 12.6.